The molecule has 0 heterocycles. The maximum absolute atomic E-state index is 2.34. The molecular weight excluding hydrogens is 545 g/mol. The van der Waals surface area contributed by atoms with Crippen molar-refractivity contribution < 1.29 is 0 Å². The highest BCUT2D eigenvalue weighted by Crippen LogP contribution is 2.35. The van der Waals surface area contributed by atoms with Crippen LogP contribution in [0.2, 0.25) is 0 Å². The van der Waals surface area contributed by atoms with Crippen LogP contribution in [0.15, 0.2) is 0 Å². The molecule has 2 heteroatoms. The van der Waals surface area contributed by atoms with Crippen LogP contribution in [0.5, 0.6) is 0 Å². The Morgan fingerprint density at radius 3 is 1.21 bits per heavy atom. The zero-order chi connectivity index (χ0) is 30.0. The molecule has 1 rings (SSSR count). The highest BCUT2D eigenvalue weighted by atomic mass is 32.2. The number of hydrogen-bond acceptors (Lipinski definition) is 2. The molecule has 1 saturated carbocycles. The minimum absolute atomic E-state index is 0.988. The standard InChI is InChI=1S/C40H80S2/c1-3-5-7-9-11-13-15-17-19-21-23-25-27-29-35-41-37-34-39-32-31-33-40(38-39)42-36-30-28-26-24-22-20-18-16-14-12-10-8-6-4-2/h39-40H,3-38H2,1-2H3. The van der Waals surface area contributed by atoms with Crippen LogP contribution >= 0.6 is 23.5 Å². The van der Waals surface area contributed by atoms with Crippen LogP contribution in [0.3, 0.4) is 0 Å². The maximum atomic E-state index is 2.34. The van der Waals surface area contributed by atoms with E-state index in [4.69, 9.17) is 0 Å². The normalized spacial score (nSPS) is 17.3. The highest BCUT2D eigenvalue weighted by molar-refractivity contribution is 7.99. The summed E-state index contributed by atoms with van der Waals surface area (Å²) in [6.07, 6.45) is 48.8. The van der Waals surface area contributed by atoms with Crippen molar-refractivity contribution in [3.63, 3.8) is 0 Å². The average molecular weight is 625 g/mol. The molecule has 0 bridgehead atoms. The zero-order valence-corrected chi connectivity index (χ0v) is 31.1. The molecule has 0 aliphatic heterocycles. The van der Waals surface area contributed by atoms with Crippen molar-refractivity contribution in [1.82, 2.24) is 0 Å². The van der Waals surface area contributed by atoms with E-state index in [1.807, 2.05) is 0 Å². The van der Waals surface area contributed by atoms with Crippen LogP contribution < -0.4 is 0 Å². The van der Waals surface area contributed by atoms with Crippen LogP contribution in [-0.2, 0) is 0 Å². The predicted octanol–water partition coefficient (Wildman–Crippen LogP) is 15.4. The molecule has 0 nitrogen and oxygen atoms in total. The summed E-state index contributed by atoms with van der Waals surface area (Å²) in [4.78, 5) is 0. The highest BCUT2D eigenvalue weighted by Gasteiger charge is 2.21. The fourth-order valence-electron chi connectivity index (χ4n) is 6.95. The fraction of sp³-hybridized carbons (Fsp3) is 1.00. The van der Waals surface area contributed by atoms with Crippen LogP contribution in [-0.4, -0.2) is 22.5 Å². The van der Waals surface area contributed by atoms with Crippen molar-refractivity contribution in [3.8, 4) is 0 Å². The molecule has 2 atom stereocenters. The fourth-order valence-corrected chi connectivity index (χ4v) is 9.51. The lowest BCUT2D eigenvalue weighted by Crippen LogP contribution is -2.18. The second kappa shape index (κ2) is 34.6. The van der Waals surface area contributed by atoms with Gasteiger partial charge in [0.15, 0.2) is 0 Å². The van der Waals surface area contributed by atoms with Gasteiger partial charge in [-0.15, -0.1) is 0 Å². The van der Waals surface area contributed by atoms with Gasteiger partial charge in [-0.3, -0.25) is 0 Å². The Kier molecular flexibility index (Phi) is 33.5. The van der Waals surface area contributed by atoms with Gasteiger partial charge in [0, 0.05) is 5.25 Å². The van der Waals surface area contributed by atoms with Crippen LogP contribution in [0.1, 0.15) is 226 Å². The second-order valence-electron chi connectivity index (χ2n) is 14.1. The van der Waals surface area contributed by atoms with Crippen molar-refractivity contribution in [2.45, 2.75) is 231 Å². The van der Waals surface area contributed by atoms with Crippen LogP contribution in [0.4, 0.5) is 0 Å². The molecule has 0 aromatic carbocycles. The van der Waals surface area contributed by atoms with Crippen molar-refractivity contribution in [1.29, 1.82) is 0 Å². The largest absolute Gasteiger partial charge is 0.162 e. The van der Waals surface area contributed by atoms with E-state index in [0.717, 1.165) is 11.2 Å². The van der Waals surface area contributed by atoms with Gasteiger partial charge in [-0.05, 0) is 55.3 Å². The summed E-state index contributed by atoms with van der Waals surface area (Å²) < 4.78 is 0. The first-order valence-corrected chi connectivity index (χ1v) is 22.3. The van der Waals surface area contributed by atoms with Crippen molar-refractivity contribution in [3.05, 3.63) is 0 Å². The van der Waals surface area contributed by atoms with Crippen molar-refractivity contribution in [2.24, 2.45) is 5.92 Å². The van der Waals surface area contributed by atoms with Gasteiger partial charge in [0.2, 0.25) is 0 Å². The summed E-state index contributed by atoms with van der Waals surface area (Å²) in [7, 11) is 0. The summed E-state index contributed by atoms with van der Waals surface area (Å²) in [5.74, 6) is 5.32. The Hall–Kier alpha value is 0.700. The summed E-state index contributed by atoms with van der Waals surface area (Å²) in [5, 5.41) is 0.988. The Morgan fingerprint density at radius 2 is 0.786 bits per heavy atom. The van der Waals surface area contributed by atoms with E-state index < -0.39 is 0 Å². The summed E-state index contributed by atoms with van der Waals surface area (Å²) in [5.41, 5.74) is 0. The van der Waals surface area contributed by atoms with E-state index in [1.54, 1.807) is 0 Å². The molecule has 0 N–H and O–H groups in total. The number of rotatable bonds is 34. The van der Waals surface area contributed by atoms with Gasteiger partial charge in [-0.2, -0.15) is 23.5 Å². The van der Waals surface area contributed by atoms with E-state index in [0.29, 0.717) is 0 Å². The van der Waals surface area contributed by atoms with Gasteiger partial charge in [-0.25, -0.2) is 0 Å². The summed E-state index contributed by atoms with van der Waals surface area (Å²) >= 11 is 4.61. The van der Waals surface area contributed by atoms with Gasteiger partial charge in [0.1, 0.15) is 0 Å². The topological polar surface area (TPSA) is 0 Å². The number of thioether (sulfide) groups is 2. The minimum Gasteiger partial charge on any atom is -0.162 e. The molecule has 0 aromatic rings. The Balaban J connectivity index is 1.78. The molecule has 1 aliphatic rings. The molecule has 0 radical (unpaired) electrons. The molecule has 0 spiro atoms. The molecule has 42 heavy (non-hydrogen) atoms. The third kappa shape index (κ3) is 29.4. The van der Waals surface area contributed by atoms with Crippen molar-refractivity contribution in [2.75, 3.05) is 17.3 Å². The van der Waals surface area contributed by atoms with Crippen molar-refractivity contribution >= 4 is 23.5 Å². The quantitative estimate of drug-likeness (QED) is 0.0653. The monoisotopic (exact) mass is 625 g/mol. The lowest BCUT2D eigenvalue weighted by molar-refractivity contribution is 0.359. The van der Waals surface area contributed by atoms with Crippen LogP contribution in [0.25, 0.3) is 0 Å². The first-order chi connectivity index (χ1) is 20.9. The predicted molar refractivity (Wildman–Crippen MR) is 201 cm³/mol. The molecule has 1 aliphatic carbocycles. The molecule has 0 amide bonds. The molecule has 1 fully saturated rings. The van der Waals surface area contributed by atoms with Gasteiger partial charge < -0.3 is 0 Å². The van der Waals surface area contributed by atoms with E-state index in [2.05, 4.69) is 37.4 Å². The third-order valence-electron chi connectivity index (χ3n) is 9.90. The van der Waals surface area contributed by atoms with E-state index >= 15 is 0 Å². The van der Waals surface area contributed by atoms with Gasteiger partial charge in [0.05, 0.1) is 0 Å². The second-order valence-corrected chi connectivity index (χ2v) is 16.8. The van der Waals surface area contributed by atoms with E-state index in [-0.39, 0.29) is 0 Å². The first kappa shape index (κ1) is 40.7. The molecular formula is C40H80S2. The first-order valence-electron chi connectivity index (χ1n) is 20.1. The molecule has 252 valence electrons. The lowest BCUT2D eigenvalue weighted by Gasteiger charge is -2.28. The summed E-state index contributed by atoms with van der Waals surface area (Å²) in [6, 6.07) is 0. The Labute approximate surface area is 276 Å². The Morgan fingerprint density at radius 1 is 0.405 bits per heavy atom. The molecule has 2 unspecified atom stereocenters. The zero-order valence-electron chi connectivity index (χ0n) is 29.4. The minimum atomic E-state index is 0.988. The van der Waals surface area contributed by atoms with Gasteiger partial charge in [-0.1, -0.05) is 194 Å². The third-order valence-corrected chi connectivity index (χ3v) is 12.4. The summed E-state index contributed by atoms with van der Waals surface area (Å²) in [6.45, 7) is 4.62. The average Bonchev–Trinajstić information content (AvgIpc) is 3.01. The van der Waals surface area contributed by atoms with Gasteiger partial charge >= 0.3 is 0 Å². The van der Waals surface area contributed by atoms with Crippen LogP contribution in [0, 0.1) is 5.92 Å². The smallest absolute Gasteiger partial charge is 0.00496 e. The number of unbranched alkanes of at least 4 members (excludes halogenated alkanes) is 26. The number of hydrogen-bond donors (Lipinski definition) is 0. The SMILES string of the molecule is CCCCCCCCCCCCCCCCSCCC1CCCC(SCCCCCCCCCCCCCCCC)C1. The lowest BCUT2D eigenvalue weighted by atomic mass is 9.87. The van der Waals surface area contributed by atoms with E-state index in [9.17, 15) is 0 Å². The molecule has 0 aromatic heterocycles. The van der Waals surface area contributed by atoms with Gasteiger partial charge in [0.25, 0.3) is 0 Å². The molecule has 0 saturated heterocycles. The maximum Gasteiger partial charge on any atom is 0.00496 e. The Bertz CT molecular complexity index is 492. The van der Waals surface area contributed by atoms with E-state index in [1.165, 1.54) is 229 Å².